The lowest BCUT2D eigenvalue weighted by atomic mass is 10.1. The molecule has 0 unspecified atom stereocenters. The fourth-order valence-electron chi connectivity index (χ4n) is 2.23. The molecule has 0 aliphatic heterocycles. The molecule has 0 saturated heterocycles. The zero-order valence-corrected chi connectivity index (χ0v) is 16.0. The molecule has 0 aliphatic rings. The monoisotopic (exact) mass is 427 g/mol. The summed E-state index contributed by atoms with van der Waals surface area (Å²) < 4.78 is 52.2. The molecule has 0 atom stereocenters. The Bertz CT molecular complexity index is 990. The molecule has 1 N–H and O–H groups in total. The van der Waals surface area contributed by atoms with Gasteiger partial charge in [0.05, 0.1) is 33.7 Å². The minimum Gasteiger partial charge on any atom is -0.487 e. The van der Waals surface area contributed by atoms with E-state index in [4.69, 9.17) is 16.3 Å². The van der Waals surface area contributed by atoms with Crippen LogP contribution in [0.2, 0.25) is 5.02 Å². The van der Waals surface area contributed by atoms with Crippen LogP contribution in [0.15, 0.2) is 42.5 Å². The molecule has 0 aliphatic carbocycles. The second-order valence-electron chi connectivity index (χ2n) is 5.76. The van der Waals surface area contributed by atoms with Crippen LogP contribution in [0.3, 0.4) is 0 Å². The number of carbonyl (C=O) groups excluding carboxylic acids is 1. The van der Waals surface area contributed by atoms with Gasteiger partial charge in [-0.1, -0.05) is 11.6 Å². The third kappa shape index (κ3) is 4.79. The molecule has 1 amide bonds. The molecule has 0 bridgehead atoms. The zero-order valence-electron chi connectivity index (χ0n) is 14.4. The highest BCUT2D eigenvalue weighted by molar-refractivity contribution is 6.99. The van der Waals surface area contributed by atoms with Gasteiger partial charge in [0.1, 0.15) is 18.1 Å². The Hall–Kier alpha value is -2.65. The van der Waals surface area contributed by atoms with Crippen molar-refractivity contribution < 1.29 is 22.7 Å². The quantitative estimate of drug-likeness (QED) is 0.596. The van der Waals surface area contributed by atoms with Crippen molar-refractivity contribution in [1.29, 1.82) is 0 Å². The predicted octanol–water partition coefficient (Wildman–Crippen LogP) is 5.35. The van der Waals surface area contributed by atoms with E-state index >= 15 is 0 Å². The van der Waals surface area contributed by atoms with Crippen LogP contribution in [-0.2, 0) is 12.8 Å². The first-order valence-electron chi connectivity index (χ1n) is 7.93. The molecule has 0 saturated carbocycles. The number of carbonyl (C=O) groups is 1. The lowest BCUT2D eigenvalue weighted by Crippen LogP contribution is -2.13. The number of benzene rings is 2. The molecular formula is C18H13ClF3N3O2S. The average molecular weight is 428 g/mol. The van der Waals surface area contributed by atoms with Crippen molar-refractivity contribution in [1.82, 2.24) is 8.75 Å². The Kier molecular flexibility index (Phi) is 5.85. The summed E-state index contributed by atoms with van der Waals surface area (Å²) in [6.07, 6.45) is -4.53. The van der Waals surface area contributed by atoms with Gasteiger partial charge in [-0.15, -0.1) is 0 Å². The van der Waals surface area contributed by atoms with Crippen LogP contribution >= 0.6 is 23.3 Å². The molecule has 1 heterocycles. The molecule has 0 radical (unpaired) electrons. The first-order chi connectivity index (χ1) is 13.2. The fourth-order valence-corrected chi connectivity index (χ4v) is 2.94. The molecule has 1 aromatic heterocycles. The van der Waals surface area contributed by atoms with E-state index in [0.29, 0.717) is 5.75 Å². The molecule has 0 spiro atoms. The summed E-state index contributed by atoms with van der Waals surface area (Å²) in [5.41, 5.74) is 0.744. The summed E-state index contributed by atoms with van der Waals surface area (Å²) in [4.78, 5) is 12.3. The van der Waals surface area contributed by atoms with Gasteiger partial charge in [-0.2, -0.15) is 21.9 Å². The van der Waals surface area contributed by atoms with Crippen molar-refractivity contribution in [3.05, 3.63) is 70.0 Å². The maximum Gasteiger partial charge on any atom is 0.416 e. The summed E-state index contributed by atoms with van der Waals surface area (Å²) in [6, 6.07) is 8.89. The van der Waals surface area contributed by atoms with Crippen LogP contribution in [0.25, 0.3) is 0 Å². The average Bonchev–Trinajstić information content (AvgIpc) is 3.06. The maximum atomic E-state index is 12.8. The van der Waals surface area contributed by atoms with E-state index in [1.54, 1.807) is 12.1 Å². The number of aromatic nitrogens is 2. The number of hydrogen-bond donors (Lipinski definition) is 1. The molecule has 28 heavy (non-hydrogen) atoms. The molecule has 5 nitrogen and oxygen atoms in total. The minimum atomic E-state index is -4.53. The third-order valence-electron chi connectivity index (χ3n) is 3.78. The van der Waals surface area contributed by atoms with Crippen molar-refractivity contribution in [3.63, 3.8) is 0 Å². The van der Waals surface area contributed by atoms with Gasteiger partial charge in [-0.3, -0.25) is 4.79 Å². The van der Waals surface area contributed by atoms with Gasteiger partial charge in [0.25, 0.3) is 5.91 Å². The van der Waals surface area contributed by atoms with E-state index in [1.807, 2.05) is 6.92 Å². The highest BCUT2D eigenvalue weighted by Crippen LogP contribution is 2.34. The summed E-state index contributed by atoms with van der Waals surface area (Å²) >= 11 is 6.99. The summed E-state index contributed by atoms with van der Waals surface area (Å²) in [6.45, 7) is 2.07. The maximum absolute atomic E-state index is 12.8. The normalized spacial score (nSPS) is 11.3. The van der Waals surface area contributed by atoms with Crippen LogP contribution in [0.5, 0.6) is 5.75 Å². The van der Waals surface area contributed by atoms with Gasteiger partial charge in [-0.05, 0) is 49.4 Å². The SMILES string of the molecule is Cc1nsnc1COc1ccc(C(=O)Nc2cc(C(F)(F)F)ccc2Cl)cc1. The van der Waals surface area contributed by atoms with Gasteiger partial charge in [-0.25, -0.2) is 0 Å². The molecule has 2 aromatic carbocycles. The highest BCUT2D eigenvalue weighted by atomic mass is 35.5. The number of alkyl halides is 3. The van der Waals surface area contributed by atoms with E-state index in [0.717, 1.165) is 41.3 Å². The van der Waals surface area contributed by atoms with Crippen LogP contribution in [0.1, 0.15) is 27.3 Å². The second-order valence-corrected chi connectivity index (χ2v) is 6.69. The number of nitrogens with zero attached hydrogens (tertiary/aromatic N) is 2. The Morgan fingerprint density at radius 2 is 1.89 bits per heavy atom. The number of hydrogen-bond acceptors (Lipinski definition) is 5. The lowest BCUT2D eigenvalue weighted by molar-refractivity contribution is -0.137. The zero-order chi connectivity index (χ0) is 20.3. The third-order valence-corrected chi connectivity index (χ3v) is 4.77. The summed E-state index contributed by atoms with van der Waals surface area (Å²) in [5.74, 6) is -0.0756. The van der Waals surface area contributed by atoms with Gasteiger partial charge >= 0.3 is 6.18 Å². The summed E-state index contributed by atoms with van der Waals surface area (Å²) in [7, 11) is 0. The standard InChI is InChI=1S/C18H13ClF3N3O2S/c1-10-16(25-28-24-10)9-27-13-5-2-11(3-6-13)17(26)23-15-8-12(18(20,21)22)4-7-14(15)19/h2-8H,9H2,1H3,(H,23,26). The molecule has 3 aromatic rings. The van der Waals surface area contributed by atoms with E-state index in [1.165, 1.54) is 12.1 Å². The van der Waals surface area contributed by atoms with Crippen LogP contribution in [0.4, 0.5) is 18.9 Å². The first-order valence-corrected chi connectivity index (χ1v) is 9.04. The number of anilines is 1. The number of aryl methyl sites for hydroxylation is 1. The smallest absolute Gasteiger partial charge is 0.416 e. The number of rotatable bonds is 5. The van der Waals surface area contributed by atoms with Gasteiger partial charge in [0, 0.05) is 5.56 Å². The number of halogens is 4. The van der Waals surface area contributed by atoms with Crippen LogP contribution < -0.4 is 10.1 Å². The molecule has 10 heteroatoms. The van der Waals surface area contributed by atoms with Gasteiger partial charge < -0.3 is 10.1 Å². The van der Waals surface area contributed by atoms with Crippen molar-refractivity contribution >= 4 is 34.9 Å². The highest BCUT2D eigenvalue weighted by Gasteiger charge is 2.31. The van der Waals surface area contributed by atoms with Crippen molar-refractivity contribution in [2.75, 3.05) is 5.32 Å². The first kappa shape index (κ1) is 20.1. The number of ether oxygens (including phenoxy) is 1. The molecule has 0 fully saturated rings. The minimum absolute atomic E-state index is 0.00791. The predicted molar refractivity (Wildman–Crippen MR) is 99.8 cm³/mol. The van der Waals surface area contributed by atoms with E-state index in [-0.39, 0.29) is 22.9 Å². The van der Waals surface area contributed by atoms with Crippen LogP contribution in [-0.4, -0.2) is 14.7 Å². The summed E-state index contributed by atoms with van der Waals surface area (Å²) in [5, 5.41) is 2.40. The van der Waals surface area contributed by atoms with Crippen molar-refractivity contribution in [2.45, 2.75) is 19.7 Å². The molecular weight excluding hydrogens is 415 g/mol. The van der Waals surface area contributed by atoms with E-state index in [2.05, 4.69) is 14.1 Å². The lowest BCUT2D eigenvalue weighted by Gasteiger charge is -2.12. The molecule has 146 valence electrons. The van der Waals surface area contributed by atoms with Crippen LogP contribution in [0, 0.1) is 6.92 Å². The Labute approximate surface area is 167 Å². The second kappa shape index (κ2) is 8.15. The van der Waals surface area contributed by atoms with E-state index < -0.39 is 17.6 Å². The topological polar surface area (TPSA) is 64.1 Å². The van der Waals surface area contributed by atoms with E-state index in [9.17, 15) is 18.0 Å². The number of nitrogens with one attached hydrogen (secondary N) is 1. The number of amides is 1. The largest absolute Gasteiger partial charge is 0.487 e. The Morgan fingerprint density at radius 3 is 2.50 bits per heavy atom. The van der Waals surface area contributed by atoms with Gasteiger partial charge in [0.15, 0.2) is 0 Å². The van der Waals surface area contributed by atoms with Gasteiger partial charge in [0.2, 0.25) is 0 Å². The van der Waals surface area contributed by atoms with Crippen molar-refractivity contribution in [2.24, 2.45) is 0 Å². The fraction of sp³-hybridized carbons (Fsp3) is 0.167. The van der Waals surface area contributed by atoms with Crippen molar-refractivity contribution in [3.8, 4) is 5.75 Å². The molecule has 3 rings (SSSR count). The Balaban J connectivity index is 1.67. The Morgan fingerprint density at radius 1 is 1.18 bits per heavy atom.